The minimum absolute atomic E-state index is 0. The number of carbonyl (C=O) groups excluding carboxylic acids is 1. The van der Waals surface area contributed by atoms with Crippen molar-refractivity contribution in [1.82, 2.24) is 0 Å². The highest BCUT2D eigenvalue weighted by Gasteiger charge is 2.27. The summed E-state index contributed by atoms with van der Waals surface area (Å²) in [5.41, 5.74) is 7.24. The van der Waals surface area contributed by atoms with Crippen LogP contribution in [0.2, 0.25) is 0 Å². The van der Waals surface area contributed by atoms with E-state index in [1.807, 2.05) is 75.4 Å². The van der Waals surface area contributed by atoms with Crippen LogP contribution in [-0.2, 0) is 21.3 Å². The van der Waals surface area contributed by atoms with Crippen LogP contribution in [0.25, 0.3) is 0 Å². The number of hydrogen-bond donors (Lipinski definition) is 2. The molecule has 0 heterocycles. The van der Waals surface area contributed by atoms with Gasteiger partial charge in [0.1, 0.15) is 0 Å². The number of halogens is 1. The predicted octanol–water partition coefficient (Wildman–Crippen LogP) is 3.73. The molecule has 1 unspecified atom stereocenters. The Bertz CT molecular complexity index is 730. The second kappa shape index (κ2) is 9.13. The monoisotopic (exact) mass is 380 g/mol. The second-order valence-corrected chi connectivity index (χ2v) is 8.29. The minimum atomic E-state index is -1.12. The van der Waals surface area contributed by atoms with Gasteiger partial charge in [0.05, 0.1) is 22.6 Å². The van der Waals surface area contributed by atoms with E-state index in [0.29, 0.717) is 11.4 Å². The van der Waals surface area contributed by atoms with Crippen molar-refractivity contribution in [3.05, 3.63) is 60.2 Å². The summed E-state index contributed by atoms with van der Waals surface area (Å²) >= 11 is 0. The average Bonchev–Trinajstić information content (AvgIpc) is 2.54. The third-order valence-corrected chi connectivity index (χ3v) is 5.11. The first-order valence-electron chi connectivity index (χ1n) is 7.86. The van der Waals surface area contributed by atoms with Crippen LogP contribution in [0.5, 0.6) is 0 Å². The highest BCUT2D eigenvalue weighted by Crippen LogP contribution is 2.20. The lowest BCUT2D eigenvalue weighted by atomic mass is 9.87. The van der Waals surface area contributed by atoms with Gasteiger partial charge in [0, 0.05) is 10.6 Å². The molecule has 0 spiro atoms. The Labute approximate surface area is 158 Å². The van der Waals surface area contributed by atoms with E-state index in [4.69, 9.17) is 5.73 Å². The molecule has 0 radical (unpaired) electrons. The molecule has 3 N–H and O–H groups in total. The summed E-state index contributed by atoms with van der Waals surface area (Å²) in [6.45, 7) is 5.78. The molecule has 0 aliphatic heterocycles. The number of carbonyl (C=O) groups is 1. The van der Waals surface area contributed by atoms with Crippen molar-refractivity contribution >= 4 is 34.8 Å². The fourth-order valence-corrected chi connectivity index (χ4v) is 3.27. The molecular formula is C19H25ClN2O2S. The molecule has 0 fully saturated rings. The van der Waals surface area contributed by atoms with Gasteiger partial charge in [-0.2, -0.15) is 0 Å². The standard InChI is InChI=1S/C19H24N2O2S.ClH/c1-19(2,3)17(20)18(22)21-15-9-7-8-14(12-15)13-24(23)16-10-5-4-6-11-16;/h4-12,17H,13,20H2,1-3H3,(H,21,22);1H/t17-,24?;/m1./s1. The molecular weight excluding hydrogens is 356 g/mol. The summed E-state index contributed by atoms with van der Waals surface area (Å²) in [7, 11) is -1.12. The Morgan fingerprint density at radius 3 is 2.36 bits per heavy atom. The number of amides is 1. The van der Waals surface area contributed by atoms with E-state index < -0.39 is 16.8 Å². The van der Waals surface area contributed by atoms with E-state index in [2.05, 4.69) is 5.32 Å². The van der Waals surface area contributed by atoms with E-state index in [-0.39, 0.29) is 23.7 Å². The number of nitrogens with two attached hydrogens (primary N) is 1. The highest BCUT2D eigenvalue weighted by molar-refractivity contribution is 7.84. The van der Waals surface area contributed by atoms with Crippen LogP contribution in [0, 0.1) is 5.41 Å². The molecule has 1 amide bonds. The van der Waals surface area contributed by atoms with Gasteiger partial charge in [-0.3, -0.25) is 9.00 Å². The number of anilines is 1. The van der Waals surface area contributed by atoms with E-state index in [1.54, 1.807) is 0 Å². The van der Waals surface area contributed by atoms with Crippen LogP contribution < -0.4 is 11.1 Å². The summed E-state index contributed by atoms with van der Waals surface area (Å²) in [5, 5.41) is 2.84. The summed E-state index contributed by atoms with van der Waals surface area (Å²) in [5.74, 6) is 0.183. The van der Waals surface area contributed by atoms with E-state index >= 15 is 0 Å². The van der Waals surface area contributed by atoms with Crippen LogP contribution in [-0.4, -0.2) is 16.2 Å². The van der Waals surface area contributed by atoms with Crippen molar-refractivity contribution in [2.45, 2.75) is 37.5 Å². The minimum Gasteiger partial charge on any atom is -0.325 e. The molecule has 2 aromatic rings. The topological polar surface area (TPSA) is 72.2 Å². The molecule has 2 aromatic carbocycles. The Kier molecular flexibility index (Phi) is 7.80. The maximum absolute atomic E-state index is 12.4. The average molecular weight is 381 g/mol. The molecule has 136 valence electrons. The molecule has 0 bridgehead atoms. The van der Waals surface area contributed by atoms with Crippen LogP contribution >= 0.6 is 12.4 Å². The normalized spacial score (nSPS) is 13.4. The van der Waals surface area contributed by atoms with Gasteiger partial charge in [-0.25, -0.2) is 0 Å². The third-order valence-electron chi connectivity index (χ3n) is 3.71. The molecule has 0 aliphatic rings. The summed E-state index contributed by atoms with van der Waals surface area (Å²) < 4.78 is 12.4. The maximum atomic E-state index is 12.4. The van der Waals surface area contributed by atoms with Gasteiger partial charge in [-0.15, -0.1) is 12.4 Å². The van der Waals surface area contributed by atoms with Gasteiger partial charge in [-0.1, -0.05) is 51.1 Å². The van der Waals surface area contributed by atoms with E-state index in [0.717, 1.165) is 10.5 Å². The van der Waals surface area contributed by atoms with Crippen LogP contribution in [0.15, 0.2) is 59.5 Å². The smallest absolute Gasteiger partial charge is 0.241 e. The summed E-state index contributed by atoms with van der Waals surface area (Å²) in [4.78, 5) is 13.0. The van der Waals surface area contributed by atoms with E-state index in [1.165, 1.54) is 0 Å². The largest absolute Gasteiger partial charge is 0.325 e. The fourth-order valence-electron chi connectivity index (χ4n) is 2.16. The molecule has 2 atom stereocenters. The lowest BCUT2D eigenvalue weighted by Gasteiger charge is -2.25. The van der Waals surface area contributed by atoms with Gasteiger partial charge in [0.25, 0.3) is 0 Å². The Balaban J connectivity index is 0.00000312. The molecule has 25 heavy (non-hydrogen) atoms. The van der Waals surface area contributed by atoms with Crippen molar-refractivity contribution in [3.63, 3.8) is 0 Å². The zero-order valence-electron chi connectivity index (χ0n) is 14.7. The molecule has 0 saturated heterocycles. The Morgan fingerprint density at radius 1 is 1.12 bits per heavy atom. The van der Waals surface area contributed by atoms with Gasteiger partial charge >= 0.3 is 0 Å². The van der Waals surface area contributed by atoms with Crippen molar-refractivity contribution in [3.8, 4) is 0 Å². The molecule has 0 aromatic heterocycles. The van der Waals surface area contributed by atoms with Crippen molar-refractivity contribution < 1.29 is 9.00 Å². The quantitative estimate of drug-likeness (QED) is 0.830. The number of nitrogens with one attached hydrogen (secondary N) is 1. The molecule has 6 heteroatoms. The fraction of sp³-hybridized carbons (Fsp3) is 0.316. The third kappa shape index (κ3) is 6.27. The number of hydrogen-bond acceptors (Lipinski definition) is 3. The highest BCUT2D eigenvalue weighted by atomic mass is 35.5. The Morgan fingerprint density at radius 2 is 1.76 bits per heavy atom. The molecule has 2 rings (SSSR count). The van der Waals surface area contributed by atoms with Gasteiger partial charge in [-0.05, 0) is 35.2 Å². The number of benzene rings is 2. The van der Waals surface area contributed by atoms with Gasteiger partial charge in [0.2, 0.25) is 5.91 Å². The van der Waals surface area contributed by atoms with Crippen molar-refractivity contribution in [1.29, 1.82) is 0 Å². The van der Waals surface area contributed by atoms with Crippen molar-refractivity contribution in [2.75, 3.05) is 5.32 Å². The Hall–Kier alpha value is -1.69. The lowest BCUT2D eigenvalue weighted by Crippen LogP contribution is -2.45. The van der Waals surface area contributed by atoms with Crippen LogP contribution in [0.4, 0.5) is 5.69 Å². The van der Waals surface area contributed by atoms with E-state index in [9.17, 15) is 9.00 Å². The zero-order chi connectivity index (χ0) is 17.7. The SMILES string of the molecule is CC(C)(C)[C@H](N)C(=O)Nc1cccc(CS(=O)c2ccccc2)c1.Cl. The first-order chi connectivity index (χ1) is 11.3. The zero-order valence-corrected chi connectivity index (χ0v) is 16.3. The summed E-state index contributed by atoms with van der Waals surface area (Å²) in [6.07, 6.45) is 0. The molecule has 4 nitrogen and oxygen atoms in total. The van der Waals surface area contributed by atoms with Gasteiger partial charge < -0.3 is 11.1 Å². The van der Waals surface area contributed by atoms with Crippen molar-refractivity contribution in [2.24, 2.45) is 11.1 Å². The first-order valence-corrected chi connectivity index (χ1v) is 9.18. The van der Waals surface area contributed by atoms with Gasteiger partial charge in [0.15, 0.2) is 0 Å². The second-order valence-electron chi connectivity index (χ2n) is 6.84. The van der Waals surface area contributed by atoms with Crippen LogP contribution in [0.3, 0.4) is 0 Å². The first kappa shape index (κ1) is 21.4. The molecule has 0 aliphatic carbocycles. The van der Waals surface area contributed by atoms with Crippen LogP contribution in [0.1, 0.15) is 26.3 Å². The molecule has 0 saturated carbocycles. The number of rotatable bonds is 5. The predicted molar refractivity (Wildman–Crippen MR) is 106 cm³/mol. The maximum Gasteiger partial charge on any atom is 0.241 e. The lowest BCUT2D eigenvalue weighted by molar-refractivity contribution is -0.119. The summed E-state index contributed by atoms with van der Waals surface area (Å²) in [6, 6.07) is 16.1.